The number of rotatable bonds is 3. The largest absolute Gasteiger partial charge is 0.464 e. The summed E-state index contributed by atoms with van der Waals surface area (Å²) in [6.45, 7) is 0. The van der Waals surface area contributed by atoms with E-state index in [1.54, 1.807) is 19.3 Å². The number of nitrogens with zero attached hydrogens (tertiary/aromatic N) is 2. The molecular formula is C13H13BrN2O3. The van der Waals surface area contributed by atoms with E-state index in [0.29, 0.717) is 11.1 Å². The molecule has 1 aromatic carbocycles. The molecule has 0 fully saturated rings. The van der Waals surface area contributed by atoms with Gasteiger partial charge in [-0.2, -0.15) is 5.10 Å². The number of aryl methyl sites for hydroxylation is 1. The molecule has 0 aliphatic carbocycles. The summed E-state index contributed by atoms with van der Waals surface area (Å²) in [5.74, 6) is -0.568. The molecule has 0 aliphatic heterocycles. The number of aliphatic hydroxyl groups excluding tert-OH is 1. The summed E-state index contributed by atoms with van der Waals surface area (Å²) in [5, 5.41) is 14.4. The van der Waals surface area contributed by atoms with E-state index in [1.807, 2.05) is 18.2 Å². The lowest BCUT2D eigenvalue weighted by molar-refractivity contribution is 0.0588. The highest BCUT2D eigenvalue weighted by molar-refractivity contribution is 9.10. The van der Waals surface area contributed by atoms with E-state index in [2.05, 4.69) is 25.8 Å². The van der Waals surface area contributed by atoms with Crippen molar-refractivity contribution in [3.8, 4) is 0 Å². The molecule has 2 aromatic rings. The molecular weight excluding hydrogens is 312 g/mol. The van der Waals surface area contributed by atoms with Crippen LogP contribution < -0.4 is 0 Å². The molecule has 1 aromatic heterocycles. The highest BCUT2D eigenvalue weighted by Gasteiger charge is 2.24. The van der Waals surface area contributed by atoms with Crippen molar-refractivity contribution in [3.63, 3.8) is 0 Å². The third-order valence-electron chi connectivity index (χ3n) is 2.73. The van der Waals surface area contributed by atoms with Gasteiger partial charge in [-0.3, -0.25) is 4.68 Å². The second-order valence-electron chi connectivity index (χ2n) is 4.02. The number of methoxy groups -OCH3 is 1. The zero-order valence-corrected chi connectivity index (χ0v) is 12.1. The lowest BCUT2D eigenvalue weighted by atomic mass is 10.0. The van der Waals surface area contributed by atoms with Gasteiger partial charge >= 0.3 is 5.97 Å². The van der Waals surface area contributed by atoms with Crippen molar-refractivity contribution < 1.29 is 14.6 Å². The van der Waals surface area contributed by atoms with E-state index in [-0.39, 0.29) is 5.69 Å². The number of benzene rings is 1. The molecule has 1 atom stereocenters. The zero-order chi connectivity index (χ0) is 14.0. The number of hydrogen-bond acceptors (Lipinski definition) is 4. The fourth-order valence-corrected chi connectivity index (χ4v) is 2.33. The topological polar surface area (TPSA) is 64.3 Å². The van der Waals surface area contributed by atoms with Crippen molar-refractivity contribution in [1.82, 2.24) is 9.78 Å². The number of aromatic nitrogens is 2. The summed E-state index contributed by atoms with van der Waals surface area (Å²) >= 11 is 3.38. The Morgan fingerprint density at radius 1 is 1.42 bits per heavy atom. The zero-order valence-electron chi connectivity index (χ0n) is 10.5. The van der Waals surface area contributed by atoms with Crippen molar-refractivity contribution in [2.24, 2.45) is 7.05 Å². The van der Waals surface area contributed by atoms with Crippen molar-refractivity contribution in [3.05, 3.63) is 51.8 Å². The normalized spacial score (nSPS) is 12.2. The first-order valence-electron chi connectivity index (χ1n) is 5.59. The molecule has 19 heavy (non-hydrogen) atoms. The van der Waals surface area contributed by atoms with Crippen molar-refractivity contribution in [2.75, 3.05) is 7.11 Å². The summed E-state index contributed by atoms with van der Waals surface area (Å²) < 4.78 is 6.91. The van der Waals surface area contributed by atoms with Crippen LogP contribution in [0.4, 0.5) is 0 Å². The van der Waals surface area contributed by atoms with Gasteiger partial charge in [-0.05, 0) is 11.6 Å². The first-order valence-corrected chi connectivity index (χ1v) is 6.38. The van der Waals surface area contributed by atoms with Crippen LogP contribution in [-0.2, 0) is 11.8 Å². The van der Waals surface area contributed by atoms with Crippen LogP contribution in [0.1, 0.15) is 27.7 Å². The highest BCUT2D eigenvalue weighted by Crippen LogP contribution is 2.30. The van der Waals surface area contributed by atoms with Gasteiger partial charge in [0.2, 0.25) is 0 Å². The molecule has 1 unspecified atom stereocenters. The van der Waals surface area contributed by atoms with Crippen LogP contribution in [0.3, 0.4) is 0 Å². The first-order chi connectivity index (χ1) is 9.04. The van der Waals surface area contributed by atoms with Crippen molar-refractivity contribution in [2.45, 2.75) is 6.10 Å². The molecule has 0 radical (unpaired) electrons. The van der Waals surface area contributed by atoms with Crippen LogP contribution in [0, 0.1) is 0 Å². The third kappa shape index (κ3) is 2.69. The standard InChI is InChI=1S/C13H13BrN2O3/c1-16-7-9(11(15-16)13(18)19-2)12(17)8-5-3-4-6-10(8)14/h3-7,12,17H,1-2H3. The van der Waals surface area contributed by atoms with Crippen LogP contribution >= 0.6 is 15.9 Å². The molecule has 5 nitrogen and oxygen atoms in total. The highest BCUT2D eigenvalue weighted by atomic mass is 79.9. The molecule has 2 rings (SSSR count). The van der Waals surface area contributed by atoms with Gasteiger partial charge in [-0.1, -0.05) is 34.1 Å². The molecule has 0 saturated carbocycles. The molecule has 0 bridgehead atoms. The Kier molecular flexibility index (Phi) is 4.01. The average Bonchev–Trinajstić information content (AvgIpc) is 2.79. The van der Waals surface area contributed by atoms with Crippen LogP contribution in [0.15, 0.2) is 34.9 Å². The summed E-state index contributed by atoms with van der Waals surface area (Å²) in [6.07, 6.45) is 0.662. The van der Waals surface area contributed by atoms with E-state index in [1.165, 1.54) is 11.8 Å². The second-order valence-corrected chi connectivity index (χ2v) is 4.88. The Hall–Kier alpha value is -1.66. The van der Waals surface area contributed by atoms with Crippen LogP contribution in [0.5, 0.6) is 0 Å². The quantitative estimate of drug-likeness (QED) is 0.878. The Balaban J connectivity index is 2.47. The number of carbonyl (C=O) groups excluding carboxylic acids is 1. The molecule has 1 heterocycles. The number of esters is 1. The summed E-state index contributed by atoms with van der Waals surface area (Å²) in [6, 6.07) is 7.28. The Morgan fingerprint density at radius 2 is 2.11 bits per heavy atom. The fourth-order valence-electron chi connectivity index (χ4n) is 1.83. The molecule has 0 aliphatic rings. The summed E-state index contributed by atoms with van der Waals surface area (Å²) in [7, 11) is 2.97. The van der Waals surface area contributed by atoms with Crippen LogP contribution in [0.25, 0.3) is 0 Å². The van der Waals surface area contributed by atoms with Gasteiger partial charge in [-0.25, -0.2) is 4.79 Å². The van der Waals surface area contributed by atoms with Gasteiger partial charge < -0.3 is 9.84 Å². The number of halogens is 1. The molecule has 6 heteroatoms. The Labute approximate surface area is 118 Å². The number of aliphatic hydroxyl groups is 1. The van der Waals surface area contributed by atoms with E-state index in [9.17, 15) is 9.90 Å². The van der Waals surface area contributed by atoms with Gasteiger partial charge in [0.15, 0.2) is 5.69 Å². The summed E-state index contributed by atoms with van der Waals surface area (Å²) in [4.78, 5) is 11.6. The number of hydrogen-bond donors (Lipinski definition) is 1. The second kappa shape index (κ2) is 5.54. The molecule has 0 saturated heterocycles. The van der Waals surface area contributed by atoms with E-state index in [0.717, 1.165) is 4.47 Å². The number of ether oxygens (including phenoxy) is 1. The molecule has 1 N–H and O–H groups in total. The first kappa shape index (κ1) is 13.8. The third-order valence-corrected chi connectivity index (χ3v) is 3.45. The maximum atomic E-state index is 11.6. The van der Waals surface area contributed by atoms with Gasteiger partial charge in [0.1, 0.15) is 6.10 Å². The molecule has 0 spiro atoms. The predicted molar refractivity (Wildman–Crippen MR) is 72.8 cm³/mol. The maximum absolute atomic E-state index is 11.6. The van der Waals surface area contributed by atoms with Gasteiger partial charge in [0.05, 0.1) is 7.11 Å². The molecule has 0 amide bonds. The molecule has 100 valence electrons. The minimum atomic E-state index is -0.946. The summed E-state index contributed by atoms with van der Waals surface area (Å²) in [5.41, 5.74) is 1.20. The fraction of sp³-hybridized carbons (Fsp3) is 0.231. The van der Waals surface area contributed by atoms with Gasteiger partial charge in [0.25, 0.3) is 0 Å². The van der Waals surface area contributed by atoms with Crippen LogP contribution in [0.2, 0.25) is 0 Å². The van der Waals surface area contributed by atoms with Gasteiger partial charge in [-0.15, -0.1) is 0 Å². The number of carbonyl (C=O) groups is 1. The van der Waals surface area contributed by atoms with Crippen molar-refractivity contribution in [1.29, 1.82) is 0 Å². The van der Waals surface area contributed by atoms with E-state index < -0.39 is 12.1 Å². The van der Waals surface area contributed by atoms with Crippen molar-refractivity contribution >= 4 is 21.9 Å². The van der Waals surface area contributed by atoms with Crippen LogP contribution in [-0.4, -0.2) is 28.0 Å². The Bertz CT molecular complexity index is 610. The smallest absolute Gasteiger partial charge is 0.358 e. The maximum Gasteiger partial charge on any atom is 0.358 e. The van der Waals surface area contributed by atoms with E-state index in [4.69, 9.17) is 0 Å². The average molecular weight is 325 g/mol. The van der Waals surface area contributed by atoms with Gasteiger partial charge in [0, 0.05) is 23.3 Å². The minimum Gasteiger partial charge on any atom is -0.464 e. The lowest BCUT2D eigenvalue weighted by Gasteiger charge is -2.12. The monoisotopic (exact) mass is 324 g/mol. The lowest BCUT2D eigenvalue weighted by Crippen LogP contribution is -2.09. The van der Waals surface area contributed by atoms with E-state index >= 15 is 0 Å². The predicted octanol–water partition coefficient (Wildman–Crippen LogP) is 2.05. The minimum absolute atomic E-state index is 0.119. The Morgan fingerprint density at radius 3 is 2.74 bits per heavy atom. The SMILES string of the molecule is COC(=O)c1nn(C)cc1C(O)c1ccccc1Br.